The highest BCUT2D eigenvalue weighted by Crippen LogP contribution is 2.20. The molecule has 0 spiro atoms. The van der Waals surface area contributed by atoms with Gasteiger partial charge in [0.1, 0.15) is 0 Å². The summed E-state index contributed by atoms with van der Waals surface area (Å²) in [5.74, 6) is 0. The third-order valence-electron chi connectivity index (χ3n) is 1.81. The van der Waals surface area contributed by atoms with Crippen molar-refractivity contribution in [2.24, 2.45) is 0 Å². The van der Waals surface area contributed by atoms with E-state index in [1.54, 1.807) is 0 Å². The van der Waals surface area contributed by atoms with Gasteiger partial charge in [-0.05, 0) is 13.1 Å². The molecule has 0 atom stereocenters. The number of rotatable bonds is 2. The minimum absolute atomic E-state index is 0.237. The van der Waals surface area contributed by atoms with Gasteiger partial charge in [-0.3, -0.25) is 0 Å². The summed E-state index contributed by atoms with van der Waals surface area (Å²) in [6.45, 7) is 0.719. The Morgan fingerprint density at radius 1 is 1.54 bits per heavy atom. The number of benzene rings is 1. The SMILES string of the molecule is CNCc1cccc2sc(=O)oc12. The summed E-state index contributed by atoms with van der Waals surface area (Å²) in [5, 5.41) is 3.03. The van der Waals surface area contributed by atoms with Crippen molar-refractivity contribution in [1.29, 1.82) is 0 Å². The number of hydrogen-bond donors (Lipinski definition) is 1. The highest BCUT2D eigenvalue weighted by molar-refractivity contribution is 7.16. The maximum atomic E-state index is 11.0. The van der Waals surface area contributed by atoms with Gasteiger partial charge in [0.05, 0.1) is 4.70 Å². The molecule has 0 radical (unpaired) electrons. The molecule has 1 aromatic carbocycles. The van der Waals surface area contributed by atoms with Crippen LogP contribution in [0.3, 0.4) is 0 Å². The van der Waals surface area contributed by atoms with E-state index in [9.17, 15) is 4.79 Å². The van der Waals surface area contributed by atoms with Crippen LogP contribution in [0.4, 0.5) is 0 Å². The van der Waals surface area contributed by atoms with Crippen molar-refractivity contribution in [3.05, 3.63) is 33.5 Å². The van der Waals surface area contributed by atoms with Gasteiger partial charge < -0.3 is 9.73 Å². The van der Waals surface area contributed by atoms with E-state index >= 15 is 0 Å². The van der Waals surface area contributed by atoms with Crippen molar-refractivity contribution in [2.75, 3.05) is 7.05 Å². The standard InChI is InChI=1S/C9H9NO2S/c1-10-5-6-3-2-4-7-8(6)12-9(11)13-7/h2-4,10H,5H2,1H3. The van der Waals surface area contributed by atoms with E-state index in [2.05, 4.69) is 5.32 Å². The van der Waals surface area contributed by atoms with E-state index in [0.717, 1.165) is 28.1 Å². The van der Waals surface area contributed by atoms with Crippen molar-refractivity contribution in [1.82, 2.24) is 5.32 Å². The van der Waals surface area contributed by atoms with Crippen LogP contribution in [0, 0.1) is 0 Å². The molecule has 0 amide bonds. The second-order valence-electron chi connectivity index (χ2n) is 2.73. The van der Waals surface area contributed by atoms with Crippen molar-refractivity contribution in [3.8, 4) is 0 Å². The molecule has 0 aliphatic rings. The van der Waals surface area contributed by atoms with Gasteiger partial charge in [-0.25, -0.2) is 4.79 Å². The van der Waals surface area contributed by atoms with Crippen molar-refractivity contribution < 1.29 is 4.42 Å². The minimum atomic E-state index is -0.237. The lowest BCUT2D eigenvalue weighted by atomic mass is 10.2. The van der Waals surface area contributed by atoms with E-state index < -0.39 is 0 Å². The fourth-order valence-corrected chi connectivity index (χ4v) is 2.00. The highest BCUT2D eigenvalue weighted by atomic mass is 32.1. The molecule has 2 aromatic rings. The highest BCUT2D eigenvalue weighted by Gasteiger charge is 2.05. The molecule has 4 heteroatoms. The van der Waals surface area contributed by atoms with Crippen LogP contribution in [0.15, 0.2) is 27.4 Å². The quantitative estimate of drug-likeness (QED) is 0.791. The Morgan fingerprint density at radius 2 is 2.38 bits per heavy atom. The summed E-state index contributed by atoms with van der Waals surface area (Å²) < 4.78 is 5.99. The molecule has 2 rings (SSSR count). The number of hydrogen-bond acceptors (Lipinski definition) is 4. The van der Waals surface area contributed by atoms with E-state index in [0.29, 0.717) is 5.58 Å². The Balaban J connectivity index is 2.67. The van der Waals surface area contributed by atoms with E-state index in [-0.39, 0.29) is 4.94 Å². The van der Waals surface area contributed by atoms with Crippen LogP contribution in [0.1, 0.15) is 5.56 Å². The fourth-order valence-electron chi connectivity index (χ4n) is 1.28. The van der Waals surface area contributed by atoms with Gasteiger partial charge in [-0.2, -0.15) is 0 Å². The Bertz CT molecular complexity index is 472. The summed E-state index contributed by atoms with van der Waals surface area (Å²) in [5.41, 5.74) is 1.74. The average molecular weight is 195 g/mol. The predicted molar refractivity (Wildman–Crippen MR) is 53.1 cm³/mol. The van der Waals surface area contributed by atoms with Crippen LogP contribution >= 0.6 is 11.3 Å². The Labute approximate surface area is 79.0 Å². The molecule has 0 aliphatic carbocycles. The number of nitrogens with one attached hydrogen (secondary N) is 1. The molecule has 0 aliphatic heterocycles. The summed E-state index contributed by atoms with van der Waals surface area (Å²) >= 11 is 1.14. The minimum Gasteiger partial charge on any atom is -0.414 e. The van der Waals surface area contributed by atoms with Crippen LogP contribution in [-0.4, -0.2) is 7.05 Å². The van der Waals surface area contributed by atoms with Crippen LogP contribution in [0.5, 0.6) is 0 Å². The molecule has 13 heavy (non-hydrogen) atoms. The van der Waals surface area contributed by atoms with E-state index in [1.165, 1.54) is 0 Å². The normalized spacial score (nSPS) is 10.8. The third-order valence-corrected chi connectivity index (χ3v) is 2.60. The van der Waals surface area contributed by atoms with Crippen molar-refractivity contribution in [3.63, 3.8) is 0 Å². The molecular weight excluding hydrogens is 186 g/mol. The smallest absolute Gasteiger partial charge is 0.396 e. The van der Waals surface area contributed by atoms with Crippen LogP contribution in [0.25, 0.3) is 10.3 Å². The average Bonchev–Trinajstić information content (AvgIpc) is 2.47. The maximum Gasteiger partial charge on any atom is 0.396 e. The predicted octanol–water partition coefficient (Wildman–Crippen LogP) is 1.57. The summed E-state index contributed by atoms with van der Waals surface area (Å²) in [6.07, 6.45) is 0. The number of para-hydroxylation sites is 1. The first kappa shape index (κ1) is 8.47. The summed E-state index contributed by atoms with van der Waals surface area (Å²) in [7, 11) is 1.86. The molecule has 1 aromatic heterocycles. The third kappa shape index (κ3) is 1.50. The first-order chi connectivity index (χ1) is 6.31. The lowest BCUT2D eigenvalue weighted by molar-refractivity contribution is 0.579. The second-order valence-corrected chi connectivity index (χ2v) is 3.71. The van der Waals surface area contributed by atoms with E-state index in [4.69, 9.17) is 4.42 Å². The van der Waals surface area contributed by atoms with Gasteiger partial charge in [0.15, 0.2) is 5.58 Å². The lowest BCUT2D eigenvalue weighted by Crippen LogP contribution is -2.04. The maximum absolute atomic E-state index is 11.0. The van der Waals surface area contributed by atoms with Gasteiger partial charge in [0.2, 0.25) is 0 Å². The molecule has 0 unspecified atom stereocenters. The van der Waals surface area contributed by atoms with Gasteiger partial charge in [-0.1, -0.05) is 23.5 Å². The molecule has 1 heterocycles. The summed E-state index contributed by atoms with van der Waals surface area (Å²) in [4.78, 5) is 10.7. The monoisotopic (exact) mass is 195 g/mol. The molecule has 0 saturated carbocycles. The van der Waals surface area contributed by atoms with Gasteiger partial charge in [0.25, 0.3) is 0 Å². The van der Waals surface area contributed by atoms with Crippen LogP contribution in [-0.2, 0) is 6.54 Å². The Hall–Kier alpha value is -1.13. The van der Waals surface area contributed by atoms with Crippen molar-refractivity contribution >= 4 is 21.6 Å². The van der Waals surface area contributed by atoms with Gasteiger partial charge >= 0.3 is 4.94 Å². The largest absolute Gasteiger partial charge is 0.414 e. The zero-order chi connectivity index (χ0) is 9.26. The van der Waals surface area contributed by atoms with Gasteiger partial charge in [-0.15, -0.1) is 0 Å². The first-order valence-corrected chi connectivity index (χ1v) is 4.79. The molecule has 68 valence electrons. The zero-order valence-electron chi connectivity index (χ0n) is 7.16. The zero-order valence-corrected chi connectivity index (χ0v) is 7.98. The molecule has 0 bridgehead atoms. The first-order valence-electron chi connectivity index (χ1n) is 3.97. The van der Waals surface area contributed by atoms with Crippen LogP contribution in [0.2, 0.25) is 0 Å². The molecule has 3 nitrogen and oxygen atoms in total. The second kappa shape index (κ2) is 3.32. The molecule has 0 fully saturated rings. The summed E-state index contributed by atoms with van der Waals surface area (Å²) in [6, 6.07) is 5.78. The van der Waals surface area contributed by atoms with Gasteiger partial charge in [0, 0.05) is 12.1 Å². The van der Waals surface area contributed by atoms with E-state index in [1.807, 2.05) is 25.2 Å². The molecule has 0 saturated heterocycles. The Kier molecular flexibility index (Phi) is 2.16. The fraction of sp³-hybridized carbons (Fsp3) is 0.222. The molecular formula is C9H9NO2S. The van der Waals surface area contributed by atoms with Crippen molar-refractivity contribution in [2.45, 2.75) is 6.54 Å². The Morgan fingerprint density at radius 3 is 3.15 bits per heavy atom. The lowest BCUT2D eigenvalue weighted by Gasteiger charge is -1.98. The topological polar surface area (TPSA) is 42.2 Å². The van der Waals surface area contributed by atoms with Crippen LogP contribution < -0.4 is 10.3 Å². The number of fused-ring (bicyclic) bond motifs is 1. The molecule has 1 N–H and O–H groups in total.